The molecule has 2 heterocycles. The minimum absolute atomic E-state index is 0.0540. The van der Waals surface area contributed by atoms with E-state index in [1.807, 2.05) is 10.9 Å². The number of fused-ring (bicyclic) bond motifs is 1. The number of hydrogen-bond acceptors (Lipinski definition) is 9. The Bertz CT molecular complexity index is 1130. The number of benzene rings is 1. The summed E-state index contributed by atoms with van der Waals surface area (Å²) in [5.74, 6) is -0.623. The number of pyridine rings is 1. The number of nitrogens with zero attached hydrogens (tertiary/aromatic N) is 3. The van der Waals surface area contributed by atoms with Crippen molar-refractivity contribution in [3.05, 3.63) is 52.2 Å². The van der Waals surface area contributed by atoms with E-state index in [1.54, 1.807) is 12.3 Å². The highest BCUT2D eigenvalue weighted by molar-refractivity contribution is 8.01. The molecule has 3 aromatic rings. The monoisotopic (exact) mass is 439 g/mol. The van der Waals surface area contributed by atoms with Crippen molar-refractivity contribution in [3.8, 4) is 0 Å². The summed E-state index contributed by atoms with van der Waals surface area (Å²) in [6.45, 7) is 1.43. The highest BCUT2D eigenvalue weighted by Gasteiger charge is 2.20. The van der Waals surface area contributed by atoms with Gasteiger partial charge in [-0.15, -0.1) is 4.83 Å². The summed E-state index contributed by atoms with van der Waals surface area (Å²) in [6.07, 6.45) is 1.65. The van der Waals surface area contributed by atoms with Crippen LogP contribution in [0.5, 0.6) is 0 Å². The van der Waals surface area contributed by atoms with Gasteiger partial charge in [0.15, 0.2) is 4.34 Å². The third-order valence-electron chi connectivity index (χ3n) is 3.46. The highest BCUT2D eigenvalue weighted by Crippen LogP contribution is 2.27. The molecule has 0 fully saturated rings. The summed E-state index contributed by atoms with van der Waals surface area (Å²) in [5, 5.41) is 10.7. The van der Waals surface area contributed by atoms with Crippen LogP contribution in [0, 0.1) is 17.0 Å². The quantitative estimate of drug-likeness (QED) is 0.323. The molecular weight excluding hydrogens is 426 g/mol. The molecule has 0 radical (unpaired) electrons. The molecule has 146 valence electrons. The molecule has 0 saturated heterocycles. The molecule has 0 aliphatic carbocycles. The SMILES string of the molecule is Cc1cc([N+](=O)[O-])ccc1S(=O)(=O)NNC(=O)CSc1nc2cccnc2s1. The molecule has 2 N–H and O–H groups in total. The molecule has 2 aromatic heterocycles. The molecule has 0 aliphatic heterocycles. The van der Waals surface area contributed by atoms with Crippen LogP contribution in [0.25, 0.3) is 10.3 Å². The maximum atomic E-state index is 12.3. The summed E-state index contributed by atoms with van der Waals surface area (Å²) < 4.78 is 25.3. The van der Waals surface area contributed by atoms with E-state index in [2.05, 4.69) is 15.4 Å². The van der Waals surface area contributed by atoms with Gasteiger partial charge in [0.2, 0.25) is 5.91 Å². The molecule has 0 bridgehead atoms. The molecule has 28 heavy (non-hydrogen) atoms. The lowest BCUT2D eigenvalue weighted by Crippen LogP contribution is -2.42. The first-order valence-corrected chi connectivity index (χ1v) is 10.9. The molecule has 0 spiro atoms. The minimum atomic E-state index is -4.07. The van der Waals surface area contributed by atoms with Crippen molar-refractivity contribution >= 4 is 55.1 Å². The zero-order chi connectivity index (χ0) is 20.3. The second-order valence-electron chi connectivity index (χ2n) is 5.46. The lowest BCUT2D eigenvalue weighted by molar-refractivity contribution is -0.385. The van der Waals surface area contributed by atoms with Gasteiger partial charge in [-0.25, -0.2) is 18.4 Å². The van der Waals surface area contributed by atoms with Gasteiger partial charge in [0.05, 0.1) is 15.6 Å². The molecule has 1 aromatic carbocycles. The average molecular weight is 440 g/mol. The van der Waals surface area contributed by atoms with E-state index in [1.165, 1.54) is 18.3 Å². The molecule has 0 saturated carbocycles. The zero-order valence-corrected chi connectivity index (χ0v) is 16.7. The first-order chi connectivity index (χ1) is 13.3. The number of amides is 1. The third-order valence-corrected chi connectivity index (χ3v) is 6.99. The van der Waals surface area contributed by atoms with E-state index in [9.17, 15) is 23.3 Å². The van der Waals surface area contributed by atoms with Crippen LogP contribution in [0.4, 0.5) is 5.69 Å². The van der Waals surface area contributed by atoms with Crippen LogP contribution >= 0.6 is 23.1 Å². The Morgan fingerprint density at radius 1 is 1.36 bits per heavy atom. The topological polar surface area (TPSA) is 144 Å². The summed E-state index contributed by atoms with van der Waals surface area (Å²) >= 11 is 2.49. The number of non-ortho nitro benzene ring substituents is 1. The lowest BCUT2D eigenvalue weighted by atomic mass is 10.2. The number of carbonyl (C=O) groups excluding carboxylic acids is 1. The molecule has 10 nitrogen and oxygen atoms in total. The van der Waals surface area contributed by atoms with Crippen LogP contribution in [-0.2, 0) is 14.8 Å². The van der Waals surface area contributed by atoms with Crippen molar-refractivity contribution < 1.29 is 18.1 Å². The van der Waals surface area contributed by atoms with Crippen LogP contribution in [0.1, 0.15) is 5.56 Å². The summed E-state index contributed by atoms with van der Waals surface area (Å²) in [7, 11) is -4.07. The number of hydrogen-bond donors (Lipinski definition) is 2. The van der Waals surface area contributed by atoms with Crippen LogP contribution in [0.3, 0.4) is 0 Å². The van der Waals surface area contributed by atoms with Crippen LogP contribution < -0.4 is 10.3 Å². The van der Waals surface area contributed by atoms with Crippen LogP contribution in [0.15, 0.2) is 45.8 Å². The second kappa shape index (κ2) is 8.18. The first-order valence-electron chi connectivity index (χ1n) is 7.66. The van der Waals surface area contributed by atoms with Gasteiger partial charge >= 0.3 is 0 Å². The Morgan fingerprint density at radius 3 is 2.82 bits per heavy atom. The summed E-state index contributed by atoms with van der Waals surface area (Å²) in [5.41, 5.74) is 2.81. The van der Waals surface area contributed by atoms with Crippen molar-refractivity contribution in [3.63, 3.8) is 0 Å². The molecule has 0 unspecified atom stereocenters. The Labute approximate surface area is 167 Å². The third kappa shape index (κ3) is 4.62. The Balaban J connectivity index is 1.59. The molecular formula is C15H13N5O5S3. The van der Waals surface area contributed by atoms with E-state index < -0.39 is 20.9 Å². The zero-order valence-electron chi connectivity index (χ0n) is 14.3. The van der Waals surface area contributed by atoms with Crippen molar-refractivity contribution in [2.75, 3.05) is 5.75 Å². The van der Waals surface area contributed by atoms with E-state index in [-0.39, 0.29) is 21.9 Å². The molecule has 0 atom stereocenters. The minimum Gasteiger partial charge on any atom is -0.277 e. The van der Waals surface area contributed by atoms with Crippen molar-refractivity contribution in [2.45, 2.75) is 16.2 Å². The number of thioether (sulfide) groups is 1. The highest BCUT2D eigenvalue weighted by atomic mass is 32.2. The standard InChI is InChI=1S/C15H13N5O5S3/c1-9-7-10(20(22)23)4-5-12(9)28(24,25)19-18-13(21)8-26-15-17-11-3-2-6-16-14(11)27-15/h2-7,19H,8H2,1H3,(H,18,21). The number of thiazole rings is 1. The number of aromatic nitrogens is 2. The van der Waals surface area contributed by atoms with E-state index in [0.717, 1.165) is 40.3 Å². The second-order valence-corrected chi connectivity index (χ2v) is 9.31. The maximum absolute atomic E-state index is 12.3. The fourth-order valence-corrected chi connectivity index (χ4v) is 5.07. The number of sulfonamides is 1. The summed E-state index contributed by atoms with van der Waals surface area (Å²) in [4.78, 5) is 33.1. The van der Waals surface area contributed by atoms with Crippen LogP contribution in [0.2, 0.25) is 0 Å². The fourth-order valence-electron chi connectivity index (χ4n) is 2.20. The number of carbonyl (C=O) groups is 1. The maximum Gasteiger partial charge on any atom is 0.269 e. The van der Waals surface area contributed by atoms with E-state index >= 15 is 0 Å². The predicted molar refractivity (Wildman–Crippen MR) is 104 cm³/mol. The first kappa shape index (κ1) is 20.1. The molecule has 3 rings (SSSR count). The van der Waals surface area contributed by atoms with Crippen molar-refractivity contribution in [1.29, 1.82) is 0 Å². The normalized spacial score (nSPS) is 11.5. The number of hydrazine groups is 1. The smallest absolute Gasteiger partial charge is 0.269 e. The Morgan fingerprint density at radius 2 is 2.14 bits per heavy atom. The fraction of sp³-hybridized carbons (Fsp3) is 0.133. The van der Waals surface area contributed by atoms with E-state index in [0.29, 0.717) is 4.34 Å². The number of nitro benzene ring substituents is 1. The molecule has 0 aliphatic rings. The molecule has 1 amide bonds. The van der Waals surface area contributed by atoms with Gasteiger partial charge in [-0.1, -0.05) is 23.1 Å². The average Bonchev–Trinajstić information content (AvgIpc) is 3.07. The van der Waals surface area contributed by atoms with Gasteiger partial charge in [-0.05, 0) is 30.7 Å². The predicted octanol–water partition coefficient (Wildman–Crippen LogP) is 2.01. The Hall–Kier alpha value is -2.61. The van der Waals surface area contributed by atoms with Gasteiger partial charge in [0, 0.05) is 18.3 Å². The summed E-state index contributed by atoms with van der Waals surface area (Å²) in [6, 6.07) is 6.92. The Kier molecular flexibility index (Phi) is 5.88. The number of aryl methyl sites for hydroxylation is 1. The van der Waals surface area contributed by atoms with Gasteiger partial charge in [-0.3, -0.25) is 20.3 Å². The number of rotatable bonds is 7. The van der Waals surface area contributed by atoms with Crippen LogP contribution in [-0.4, -0.2) is 35.0 Å². The largest absolute Gasteiger partial charge is 0.277 e. The van der Waals surface area contributed by atoms with Crippen molar-refractivity contribution in [1.82, 2.24) is 20.2 Å². The van der Waals surface area contributed by atoms with Gasteiger partial charge in [-0.2, -0.15) is 0 Å². The van der Waals surface area contributed by atoms with Gasteiger partial charge < -0.3 is 0 Å². The lowest BCUT2D eigenvalue weighted by Gasteiger charge is -2.10. The molecule has 13 heteroatoms. The van der Waals surface area contributed by atoms with Gasteiger partial charge in [0.25, 0.3) is 15.7 Å². The van der Waals surface area contributed by atoms with Crippen molar-refractivity contribution in [2.24, 2.45) is 0 Å². The number of nitrogens with one attached hydrogen (secondary N) is 2. The van der Waals surface area contributed by atoms with E-state index in [4.69, 9.17) is 0 Å². The number of nitro groups is 1. The van der Waals surface area contributed by atoms with Gasteiger partial charge in [0.1, 0.15) is 10.3 Å².